The predicted octanol–water partition coefficient (Wildman–Crippen LogP) is 1.42. The maximum Gasteiger partial charge on any atom is 0.357 e. The van der Waals surface area contributed by atoms with Crippen molar-refractivity contribution in [2.75, 3.05) is 13.2 Å². The second-order valence-electron chi connectivity index (χ2n) is 4.33. The van der Waals surface area contributed by atoms with Gasteiger partial charge in [-0.2, -0.15) is 0 Å². The number of nitrogens with zero attached hydrogens (tertiary/aromatic N) is 3. The first kappa shape index (κ1) is 13.1. The molecule has 0 aromatic carbocycles. The van der Waals surface area contributed by atoms with Crippen LogP contribution in [0.25, 0.3) is 10.7 Å². The quantitative estimate of drug-likeness (QED) is 0.862. The van der Waals surface area contributed by atoms with Crippen molar-refractivity contribution in [3.05, 3.63) is 28.7 Å². The Morgan fingerprint density at radius 3 is 3.15 bits per heavy atom. The standard InChI is InChI=1S/C13H14N4O2S/c1-2-19-13(18)11-8-5-14-4-3-9(8)16-12(17-11)10-6-15-7-20-10/h6-7,14H,2-5H2,1H3. The van der Waals surface area contributed by atoms with E-state index >= 15 is 0 Å². The van der Waals surface area contributed by atoms with Crippen LogP contribution in [0.1, 0.15) is 28.7 Å². The van der Waals surface area contributed by atoms with E-state index in [2.05, 4.69) is 20.3 Å². The molecule has 1 aliphatic rings. The SMILES string of the molecule is CCOC(=O)c1nc(-c2cncs2)nc2c1CNCC2. The molecule has 2 aromatic rings. The Morgan fingerprint density at radius 2 is 2.40 bits per heavy atom. The highest BCUT2D eigenvalue weighted by atomic mass is 32.1. The van der Waals surface area contributed by atoms with E-state index in [0.717, 1.165) is 29.1 Å². The predicted molar refractivity (Wildman–Crippen MR) is 74.5 cm³/mol. The molecule has 0 spiro atoms. The van der Waals surface area contributed by atoms with E-state index in [4.69, 9.17) is 4.74 Å². The highest BCUT2D eigenvalue weighted by molar-refractivity contribution is 7.13. The lowest BCUT2D eigenvalue weighted by molar-refractivity contribution is 0.0517. The molecule has 0 atom stereocenters. The number of fused-ring (bicyclic) bond motifs is 1. The Balaban J connectivity index is 2.10. The number of thiazole rings is 1. The van der Waals surface area contributed by atoms with Crippen molar-refractivity contribution in [2.24, 2.45) is 0 Å². The molecule has 3 rings (SSSR count). The van der Waals surface area contributed by atoms with Crippen LogP contribution in [0.4, 0.5) is 0 Å². The monoisotopic (exact) mass is 290 g/mol. The van der Waals surface area contributed by atoms with E-state index in [-0.39, 0.29) is 5.97 Å². The molecule has 6 nitrogen and oxygen atoms in total. The van der Waals surface area contributed by atoms with Gasteiger partial charge in [0.15, 0.2) is 11.5 Å². The molecule has 1 aliphatic heterocycles. The van der Waals surface area contributed by atoms with Crippen LogP contribution < -0.4 is 5.32 Å². The van der Waals surface area contributed by atoms with Gasteiger partial charge >= 0.3 is 5.97 Å². The molecule has 0 radical (unpaired) electrons. The summed E-state index contributed by atoms with van der Waals surface area (Å²) in [7, 11) is 0. The number of carbonyl (C=O) groups is 1. The number of esters is 1. The molecule has 0 unspecified atom stereocenters. The van der Waals surface area contributed by atoms with Gasteiger partial charge in [-0.15, -0.1) is 11.3 Å². The van der Waals surface area contributed by atoms with Crippen molar-refractivity contribution in [3.63, 3.8) is 0 Å². The zero-order chi connectivity index (χ0) is 13.9. The number of ether oxygens (including phenoxy) is 1. The number of nitrogens with one attached hydrogen (secondary N) is 1. The summed E-state index contributed by atoms with van der Waals surface area (Å²) in [5.74, 6) is 0.164. The van der Waals surface area contributed by atoms with Crippen LogP contribution in [-0.2, 0) is 17.7 Å². The third-order valence-corrected chi connectivity index (χ3v) is 3.82. The summed E-state index contributed by atoms with van der Waals surface area (Å²) < 4.78 is 5.10. The molecule has 3 heterocycles. The molecule has 20 heavy (non-hydrogen) atoms. The molecule has 2 aromatic heterocycles. The van der Waals surface area contributed by atoms with Crippen LogP contribution in [0.2, 0.25) is 0 Å². The van der Waals surface area contributed by atoms with Gasteiger partial charge in [-0.3, -0.25) is 4.98 Å². The maximum atomic E-state index is 12.1. The first-order chi connectivity index (χ1) is 9.79. The molecule has 0 saturated carbocycles. The Morgan fingerprint density at radius 1 is 1.50 bits per heavy atom. The molecule has 0 bridgehead atoms. The van der Waals surface area contributed by atoms with Crippen LogP contribution in [-0.4, -0.2) is 34.1 Å². The van der Waals surface area contributed by atoms with Crippen LogP contribution in [0.15, 0.2) is 11.7 Å². The molecule has 0 amide bonds. The third-order valence-electron chi connectivity index (χ3n) is 3.05. The second kappa shape index (κ2) is 5.64. The van der Waals surface area contributed by atoms with Gasteiger partial charge in [0.05, 0.1) is 22.7 Å². The molecule has 0 fully saturated rings. The summed E-state index contributed by atoms with van der Waals surface area (Å²) in [5, 5.41) is 3.24. The minimum absolute atomic E-state index is 0.334. The molecule has 0 aliphatic carbocycles. The first-order valence-corrected chi connectivity index (χ1v) is 7.34. The Labute approximate surface area is 120 Å². The molecular formula is C13H14N4O2S. The smallest absolute Gasteiger partial charge is 0.357 e. The molecular weight excluding hydrogens is 276 g/mol. The van der Waals surface area contributed by atoms with Crippen LogP contribution >= 0.6 is 11.3 Å². The fourth-order valence-electron chi connectivity index (χ4n) is 2.15. The molecule has 1 N–H and O–H groups in total. The Bertz CT molecular complexity index is 628. The van der Waals surface area contributed by atoms with E-state index in [1.807, 2.05) is 0 Å². The number of rotatable bonds is 3. The van der Waals surface area contributed by atoms with Crippen molar-refractivity contribution in [1.29, 1.82) is 0 Å². The van der Waals surface area contributed by atoms with Crippen LogP contribution in [0, 0.1) is 0 Å². The highest BCUT2D eigenvalue weighted by Gasteiger charge is 2.23. The zero-order valence-electron chi connectivity index (χ0n) is 11.0. The van der Waals surface area contributed by atoms with Gasteiger partial charge < -0.3 is 10.1 Å². The highest BCUT2D eigenvalue weighted by Crippen LogP contribution is 2.24. The Hall–Kier alpha value is -1.86. The third kappa shape index (κ3) is 2.41. The van der Waals surface area contributed by atoms with Gasteiger partial charge in [0.25, 0.3) is 0 Å². The van der Waals surface area contributed by atoms with Crippen molar-refractivity contribution >= 4 is 17.3 Å². The fraction of sp³-hybridized carbons (Fsp3) is 0.385. The van der Waals surface area contributed by atoms with E-state index < -0.39 is 0 Å². The molecule has 104 valence electrons. The summed E-state index contributed by atoms with van der Waals surface area (Å²) in [6.45, 7) is 3.58. The largest absolute Gasteiger partial charge is 0.461 e. The normalized spacial score (nSPS) is 13.8. The second-order valence-corrected chi connectivity index (χ2v) is 5.22. The van der Waals surface area contributed by atoms with E-state index in [1.165, 1.54) is 11.3 Å². The lowest BCUT2D eigenvalue weighted by Crippen LogP contribution is -2.28. The van der Waals surface area contributed by atoms with Crippen molar-refractivity contribution < 1.29 is 9.53 Å². The summed E-state index contributed by atoms with van der Waals surface area (Å²) in [6, 6.07) is 0. The summed E-state index contributed by atoms with van der Waals surface area (Å²) in [5.41, 5.74) is 3.87. The fourth-order valence-corrected chi connectivity index (χ4v) is 2.70. The summed E-state index contributed by atoms with van der Waals surface area (Å²) >= 11 is 1.46. The minimum Gasteiger partial charge on any atom is -0.461 e. The van der Waals surface area contributed by atoms with Gasteiger partial charge in [-0.05, 0) is 6.92 Å². The average Bonchev–Trinajstić information content (AvgIpc) is 3.00. The summed E-state index contributed by atoms with van der Waals surface area (Å²) in [6.07, 6.45) is 2.50. The molecule has 7 heteroatoms. The van der Waals surface area contributed by atoms with Crippen LogP contribution in [0.3, 0.4) is 0 Å². The van der Waals surface area contributed by atoms with E-state index in [9.17, 15) is 4.79 Å². The van der Waals surface area contributed by atoms with Crippen molar-refractivity contribution in [2.45, 2.75) is 19.9 Å². The van der Waals surface area contributed by atoms with E-state index in [1.54, 1.807) is 18.6 Å². The number of carbonyl (C=O) groups excluding carboxylic acids is 1. The van der Waals surface area contributed by atoms with E-state index in [0.29, 0.717) is 24.7 Å². The summed E-state index contributed by atoms with van der Waals surface area (Å²) in [4.78, 5) is 25.9. The minimum atomic E-state index is -0.388. The van der Waals surface area contributed by atoms with Gasteiger partial charge in [-0.1, -0.05) is 0 Å². The van der Waals surface area contributed by atoms with Gasteiger partial charge in [0, 0.05) is 31.3 Å². The Kier molecular flexibility index (Phi) is 3.70. The van der Waals surface area contributed by atoms with Gasteiger partial charge in [0.1, 0.15) is 0 Å². The number of hydrogen-bond acceptors (Lipinski definition) is 7. The zero-order valence-corrected chi connectivity index (χ0v) is 11.9. The first-order valence-electron chi connectivity index (χ1n) is 6.46. The maximum absolute atomic E-state index is 12.1. The lowest BCUT2D eigenvalue weighted by Gasteiger charge is -2.19. The van der Waals surface area contributed by atoms with Gasteiger partial charge in [-0.25, -0.2) is 14.8 Å². The van der Waals surface area contributed by atoms with Gasteiger partial charge in [0.2, 0.25) is 0 Å². The topological polar surface area (TPSA) is 77.0 Å². The number of aromatic nitrogens is 3. The average molecular weight is 290 g/mol. The number of hydrogen-bond donors (Lipinski definition) is 1. The molecule has 0 saturated heterocycles. The lowest BCUT2D eigenvalue weighted by atomic mass is 10.1. The van der Waals surface area contributed by atoms with Crippen molar-refractivity contribution in [1.82, 2.24) is 20.3 Å². The van der Waals surface area contributed by atoms with Crippen molar-refractivity contribution in [3.8, 4) is 10.7 Å². The van der Waals surface area contributed by atoms with Crippen LogP contribution in [0.5, 0.6) is 0 Å².